The molecular weight excluding hydrogens is 463 g/mol. The molecule has 2 heterocycles. The topological polar surface area (TPSA) is 53.7 Å². The van der Waals surface area contributed by atoms with Gasteiger partial charge in [-0.1, -0.05) is 24.1 Å². The third-order valence-corrected chi connectivity index (χ3v) is 5.97. The predicted molar refractivity (Wildman–Crippen MR) is 124 cm³/mol. The molecule has 0 amide bonds. The maximum Gasteiger partial charge on any atom is 0.226 e. The molecule has 0 bridgehead atoms. The van der Waals surface area contributed by atoms with Gasteiger partial charge in [0, 0.05) is 38.2 Å². The largest absolute Gasteiger partial charge is 0.444 e. The van der Waals surface area contributed by atoms with E-state index in [9.17, 15) is 0 Å². The number of halogens is 1. The number of aryl methyl sites for hydroxylation is 1. The summed E-state index contributed by atoms with van der Waals surface area (Å²) in [6, 6.07) is 8.26. The molecule has 2 aliphatic rings. The van der Waals surface area contributed by atoms with E-state index in [0.717, 1.165) is 43.3 Å². The Balaban J connectivity index is 0.00000225. The van der Waals surface area contributed by atoms with E-state index < -0.39 is 0 Å². The maximum absolute atomic E-state index is 5.66. The van der Waals surface area contributed by atoms with Crippen molar-refractivity contribution in [3.63, 3.8) is 0 Å². The van der Waals surface area contributed by atoms with Gasteiger partial charge in [-0.2, -0.15) is 0 Å². The van der Waals surface area contributed by atoms with E-state index >= 15 is 0 Å². The Kier molecular flexibility index (Phi) is 7.01. The Morgan fingerprint density at radius 3 is 2.68 bits per heavy atom. The van der Waals surface area contributed by atoms with Gasteiger partial charge in [0.25, 0.3) is 0 Å². The van der Waals surface area contributed by atoms with Gasteiger partial charge in [0.1, 0.15) is 6.26 Å². The minimum Gasteiger partial charge on any atom is -0.444 e. The maximum atomic E-state index is 5.66. The molecule has 1 aromatic heterocycles. The van der Waals surface area contributed by atoms with Crippen molar-refractivity contribution in [2.75, 3.05) is 26.2 Å². The summed E-state index contributed by atoms with van der Waals surface area (Å²) in [7, 11) is 0. The number of aliphatic imine (C=N–C) groups is 1. The molecule has 1 aromatic carbocycles. The van der Waals surface area contributed by atoms with Crippen LogP contribution in [-0.2, 0) is 6.42 Å². The van der Waals surface area contributed by atoms with Crippen LogP contribution >= 0.6 is 24.0 Å². The molecule has 28 heavy (non-hydrogen) atoms. The second-order valence-electron chi connectivity index (χ2n) is 8.02. The number of oxazole rings is 1. The highest BCUT2D eigenvalue weighted by Gasteiger charge is 2.43. The first-order valence-corrected chi connectivity index (χ1v) is 10.2. The summed E-state index contributed by atoms with van der Waals surface area (Å²) in [4.78, 5) is 11.9. The normalized spacial score (nSPS) is 18.1. The number of nitrogens with one attached hydrogen (secondary N) is 1. The molecule has 0 atom stereocenters. The number of hydrogen-bond acceptors (Lipinski definition) is 3. The molecule has 1 aliphatic carbocycles. The molecule has 1 saturated carbocycles. The standard InChI is InChI=1S/C22H30N4O.HI/c1-3-23-21(26-14-12-22(16-26)10-4-11-22)24-13-9-19-15-27-20(25-19)18-7-5-17(2)6-8-18;/h5-8,15H,3-4,9-14,16H2,1-2H3,(H,23,24);1H. The zero-order valence-corrected chi connectivity index (χ0v) is 19.2. The summed E-state index contributed by atoms with van der Waals surface area (Å²) in [5.41, 5.74) is 3.81. The van der Waals surface area contributed by atoms with E-state index in [2.05, 4.69) is 53.3 Å². The first-order chi connectivity index (χ1) is 13.2. The van der Waals surface area contributed by atoms with Crippen molar-refractivity contribution in [3.05, 3.63) is 41.8 Å². The monoisotopic (exact) mass is 494 g/mol. The van der Waals surface area contributed by atoms with Crippen molar-refractivity contribution < 1.29 is 4.42 Å². The third-order valence-electron chi connectivity index (χ3n) is 5.97. The van der Waals surface area contributed by atoms with Gasteiger partial charge in [0.15, 0.2) is 5.96 Å². The fourth-order valence-electron chi connectivity index (χ4n) is 4.15. The number of nitrogens with zero attached hydrogens (tertiary/aromatic N) is 3. The number of rotatable bonds is 5. The smallest absolute Gasteiger partial charge is 0.226 e. The van der Waals surface area contributed by atoms with E-state index in [-0.39, 0.29) is 24.0 Å². The minimum absolute atomic E-state index is 0. The number of guanidine groups is 1. The van der Waals surface area contributed by atoms with Gasteiger partial charge in [-0.05, 0) is 50.7 Å². The van der Waals surface area contributed by atoms with Crippen LogP contribution in [-0.4, -0.2) is 42.0 Å². The Bertz CT molecular complexity index is 795. The van der Waals surface area contributed by atoms with Crippen LogP contribution in [0.2, 0.25) is 0 Å². The molecule has 0 radical (unpaired) electrons. The molecule has 152 valence electrons. The van der Waals surface area contributed by atoms with Crippen molar-refractivity contribution in [2.45, 2.75) is 46.0 Å². The van der Waals surface area contributed by atoms with Crippen LogP contribution in [0.5, 0.6) is 0 Å². The quantitative estimate of drug-likeness (QED) is 0.374. The molecular formula is C22H31IN4O. The number of benzene rings is 1. The second-order valence-corrected chi connectivity index (χ2v) is 8.02. The van der Waals surface area contributed by atoms with E-state index in [4.69, 9.17) is 9.41 Å². The summed E-state index contributed by atoms with van der Waals surface area (Å²) in [6.45, 7) is 8.15. The number of likely N-dealkylation sites (tertiary alicyclic amines) is 1. The fourth-order valence-corrected chi connectivity index (χ4v) is 4.15. The highest BCUT2D eigenvalue weighted by Crippen LogP contribution is 2.47. The lowest BCUT2D eigenvalue weighted by Crippen LogP contribution is -2.42. The van der Waals surface area contributed by atoms with Crippen molar-refractivity contribution in [3.8, 4) is 11.5 Å². The van der Waals surface area contributed by atoms with Gasteiger partial charge >= 0.3 is 0 Å². The van der Waals surface area contributed by atoms with Gasteiger partial charge in [0.2, 0.25) is 5.89 Å². The van der Waals surface area contributed by atoms with Crippen LogP contribution in [0.1, 0.15) is 43.9 Å². The molecule has 0 unspecified atom stereocenters. The average Bonchev–Trinajstić information content (AvgIpc) is 3.29. The van der Waals surface area contributed by atoms with Crippen molar-refractivity contribution >= 4 is 29.9 Å². The van der Waals surface area contributed by atoms with E-state index in [1.807, 2.05) is 0 Å². The lowest BCUT2D eigenvalue weighted by atomic mass is 9.68. The van der Waals surface area contributed by atoms with Gasteiger partial charge < -0.3 is 14.6 Å². The average molecular weight is 494 g/mol. The molecule has 1 aliphatic heterocycles. The summed E-state index contributed by atoms with van der Waals surface area (Å²) in [5.74, 6) is 1.75. The van der Waals surface area contributed by atoms with Crippen LogP contribution < -0.4 is 5.32 Å². The van der Waals surface area contributed by atoms with Crippen molar-refractivity contribution in [1.82, 2.24) is 15.2 Å². The first kappa shape index (κ1) is 21.1. The Labute approximate surface area is 185 Å². The highest BCUT2D eigenvalue weighted by molar-refractivity contribution is 14.0. The van der Waals surface area contributed by atoms with E-state index in [0.29, 0.717) is 11.3 Å². The van der Waals surface area contributed by atoms with E-state index in [1.54, 1.807) is 6.26 Å². The van der Waals surface area contributed by atoms with Gasteiger partial charge in [0.05, 0.1) is 5.69 Å². The number of hydrogen-bond donors (Lipinski definition) is 1. The third kappa shape index (κ3) is 4.70. The van der Waals surface area contributed by atoms with Gasteiger partial charge in [-0.15, -0.1) is 24.0 Å². The molecule has 2 fully saturated rings. The first-order valence-electron chi connectivity index (χ1n) is 10.2. The van der Waals surface area contributed by atoms with Crippen LogP contribution in [0.3, 0.4) is 0 Å². The SMILES string of the molecule is CCNC(=NCCc1coc(-c2ccc(C)cc2)n1)N1CCC2(CCC2)C1.I. The fraction of sp³-hybridized carbons (Fsp3) is 0.545. The molecule has 5 nitrogen and oxygen atoms in total. The highest BCUT2D eigenvalue weighted by atomic mass is 127. The second kappa shape index (κ2) is 9.29. The van der Waals surface area contributed by atoms with Crippen LogP contribution in [0.15, 0.2) is 39.9 Å². The molecule has 6 heteroatoms. The van der Waals surface area contributed by atoms with Crippen molar-refractivity contribution in [2.24, 2.45) is 10.4 Å². The zero-order chi connectivity index (χ0) is 18.7. The summed E-state index contributed by atoms with van der Waals surface area (Å²) < 4.78 is 5.66. The van der Waals surface area contributed by atoms with Crippen LogP contribution in [0.25, 0.3) is 11.5 Å². The van der Waals surface area contributed by atoms with Gasteiger partial charge in [-0.25, -0.2) is 4.98 Å². The lowest BCUT2D eigenvalue weighted by molar-refractivity contribution is 0.151. The van der Waals surface area contributed by atoms with Crippen molar-refractivity contribution in [1.29, 1.82) is 0 Å². The Morgan fingerprint density at radius 2 is 2.04 bits per heavy atom. The summed E-state index contributed by atoms with van der Waals surface area (Å²) in [6.07, 6.45) is 8.06. The molecule has 1 N–H and O–H groups in total. The van der Waals surface area contributed by atoms with Gasteiger partial charge in [-0.3, -0.25) is 4.99 Å². The molecule has 2 aromatic rings. The predicted octanol–water partition coefficient (Wildman–Crippen LogP) is 4.65. The Morgan fingerprint density at radius 1 is 1.25 bits per heavy atom. The summed E-state index contributed by atoms with van der Waals surface area (Å²) >= 11 is 0. The molecule has 1 saturated heterocycles. The minimum atomic E-state index is 0. The Hall–Kier alpha value is -1.57. The van der Waals surface area contributed by atoms with Crippen LogP contribution in [0, 0.1) is 12.3 Å². The molecule has 1 spiro atoms. The van der Waals surface area contributed by atoms with Crippen LogP contribution in [0.4, 0.5) is 0 Å². The van der Waals surface area contributed by atoms with E-state index in [1.165, 1.54) is 37.8 Å². The zero-order valence-electron chi connectivity index (χ0n) is 16.9. The number of aromatic nitrogens is 1. The lowest BCUT2D eigenvalue weighted by Gasteiger charge is -2.38. The molecule has 4 rings (SSSR count). The summed E-state index contributed by atoms with van der Waals surface area (Å²) in [5, 5.41) is 3.47.